The minimum Gasteiger partial charge on any atom is -0.496 e. The van der Waals surface area contributed by atoms with Gasteiger partial charge in [0.1, 0.15) is 24.0 Å². The van der Waals surface area contributed by atoms with Crippen LogP contribution in [0.5, 0.6) is 11.6 Å². The number of hydrogen-bond acceptors (Lipinski definition) is 6. The number of alkyl halides is 1. The van der Waals surface area contributed by atoms with Crippen molar-refractivity contribution in [3.8, 4) is 29.0 Å². The van der Waals surface area contributed by atoms with Crippen molar-refractivity contribution < 1.29 is 28.2 Å². The summed E-state index contributed by atoms with van der Waals surface area (Å²) < 4.78 is 42.5. The SMILES string of the molecule is COc1cc(C#N)ccc1COc1cccc(-c2ccc(Cc3nc4ccc(C(=O)O)cc4n3CC3(CF)CC3)c(F)c2)n1. The quantitative estimate of drug-likeness (QED) is 0.180. The molecular formula is C34H28F2N4O4. The number of ether oxygens (including phenoxy) is 2. The van der Waals surface area contributed by atoms with Gasteiger partial charge >= 0.3 is 5.97 Å². The summed E-state index contributed by atoms with van der Waals surface area (Å²) in [5.41, 5.74) is 3.50. The number of rotatable bonds is 11. The van der Waals surface area contributed by atoms with Gasteiger partial charge in [0.25, 0.3) is 0 Å². The molecule has 1 fully saturated rings. The Morgan fingerprint density at radius 2 is 1.89 bits per heavy atom. The molecule has 1 saturated carbocycles. The number of carboxylic acids is 1. The van der Waals surface area contributed by atoms with E-state index in [2.05, 4.69) is 16.0 Å². The average Bonchev–Trinajstić information content (AvgIpc) is 3.75. The number of methoxy groups -OCH3 is 1. The zero-order chi connectivity index (χ0) is 30.8. The molecule has 0 aliphatic heterocycles. The van der Waals surface area contributed by atoms with Crippen LogP contribution < -0.4 is 9.47 Å². The Kier molecular flexibility index (Phi) is 7.70. The summed E-state index contributed by atoms with van der Waals surface area (Å²) in [5.74, 6) is -0.0954. The van der Waals surface area contributed by atoms with E-state index < -0.39 is 23.9 Å². The zero-order valence-corrected chi connectivity index (χ0v) is 23.9. The van der Waals surface area contributed by atoms with Crippen LogP contribution in [0.25, 0.3) is 22.3 Å². The number of carbonyl (C=O) groups is 1. The summed E-state index contributed by atoms with van der Waals surface area (Å²) in [4.78, 5) is 20.8. The van der Waals surface area contributed by atoms with Crippen LogP contribution in [0, 0.1) is 22.6 Å². The van der Waals surface area contributed by atoms with Crippen molar-refractivity contribution in [2.45, 2.75) is 32.4 Å². The van der Waals surface area contributed by atoms with Gasteiger partial charge in [-0.25, -0.2) is 19.2 Å². The third-order valence-electron chi connectivity index (χ3n) is 8.02. The summed E-state index contributed by atoms with van der Waals surface area (Å²) in [5, 5.41) is 18.6. The molecule has 0 amide bonds. The Morgan fingerprint density at radius 3 is 2.59 bits per heavy atom. The minimum absolute atomic E-state index is 0.112. The van der Waals surface area contributed by atoms with E-state index in [4.69, 9.17) is 14.7 Å². The van der Waals surface area contributed by atoms with E-state index in [9.17, 15) is 14.3 Å². The third kappa shape index (κ3) is 5.81. The molecular weight excluding hydrogens is 566 g/mol. The van der Waals surface area contributed by atoms with Crippen LogP contribution in [-0.2, 0) is 19.6 Å². The molecule has 10 heteroatoms. The second kappa shape index (κ2) is 11.8. The lowest BCUT2D eigenvalue weighted by molar-refractivity contribution is 0.0697. The largest absolute Gasteiger partial charge is 0.496 e. The number of benzene rings is 3. The molecule has 0 bridgehead atoms. The van der Waals surface area contributed by atoms with E-state index in [0.29, 0.717) is 57.4 Å². The highest BCUT2D eigenvalue weighted by molar-refractivity contribution is 5.92. The number of carboxylic acid groups (broad SMARTS) is 1. The lowest BCUT2D eigenvalue weighted by Gasteiger charge is -2.16. The highest BCUT2D eigenvalue weighted by Crippen LogP contribution is 2.48. The van der Waals surface area contributed by atoms with Gasteiger partial charge in [-0.05, 0) is 60.9 Å². The van der Waals surface area contributed by atoms with Crippen molar-refractivity contribution >= 4 is 17.0 Å². The first-order valence-corrected chi connectivity index (χ1v) is 14.1. The Balaban J connectivity index is 1.24. The summed E-state index contributed by atoms with van der Waals surface area (Å²) in [7, 11) is 1.52. The minimum atomic E-state index is -1.06. The first-order valence-electron chi connectivity index (χ1n) is 14.1. The monoisotopic (exact) mass is 594 g/mol. The number of pyridine rings is 1. The predicted octanol–water partition coefficient (Wildman–Crippen LogP) is 6.74. The van der Waals surface area contributed by atoms with Crippen LogP contribution in [0.3, 0.4) is 0 Å². The fraction of sp³-hybridized carbons (Fsp3) is 0.235. The molecule has 2 heterocycles. The van der Waals surface area contributed by atoms with E-state index in [-0.39, 0.29) is 18.6 Å². The van der Waals surface area contributed by atoms with Crippen molar-refractivity contribution in [3.63, 3.8) is 0 Å². The molecule has 222 valence electrons. The zero-order valence-electron chi connectivity index (χ0n) is 23.9. The lowest BCUT2D eigenvalue weighted by Crippen LogP contribution is -2.16. The first-order chi connectivity index (χ1) is 21.3. The Hall–Kier alpha value is -5.30. The van der Waals surface area contributed by atoms with E-state index in [1.165, 1.54) is 19.2 Å². The summed E-state index contributed by atoms with van der Waals surface area (Å²) in [6, 6.07) is 21.9. The van der Waals surface area contributed by atoms with Crippen molar-refractivity contribution in [2.75, 3.05) is 13.8 Å². The fourth-order valence-corrected chi connectivity index (χ4v) is 5.22. The van der Waals surface area contributed by atoms with Crippen molar-refractivity contribution in [1.82, 2.24) is 14.5 Å². The number of aromatic carboxylic acids is 1. The van der Waals surface area contributed by atoms with Gasteiger partial charge in [-0.1, -0.05) is 24.3 Å². The number of fused-ring (bicyclic) bond motifs is 1. The van der Waals surface area contributed by atoms with Gasteiger partial charge in [0, 0.05) is 35.6 Å². The van der Waals surface area contributed by atoms with Crippen LogP contribution in [-0.4, -0.2) is 39.4 Å². The molecule has 1 aliphatic carbocycles. The highest BCUT2D eigenvalue weighted by Gasteiger charge is 2.43. The molecule has 8 nitrogen and oxygen atoms in total. The second-order valence-electron chi connectivity index (χ2n) is 11.0. The molecule has 6 rings (SSSR count). The van der Waals surface area contributed by atoms with E-state index >= 15 is 4.39 Å². The van der Waals surface area contributed by atoms with E-state index in [1.54, 1.807) is 60.7 Å². The molecule has 3 aromatic carbocycles. The van der Waals surface area contributed by atoms with Gasteiger partial charge in [0.2, 0.25) is 5.88 Å². The van der Waals surface area contributed by atoms with Gasteiger partial charge in [-0.3, -0.25) is 4.39 Å². The van der Waals surface area contributed by atoms with Crippen LogP contribution in [0.4, 0.5) is 8.78 Å². The van der Waals surface area contributed by atoms with Gasteiger partial charge < -0.3 is 19.1 Å². The molecule has 1 aliphatic rings. The Morgan fingerprint density at radius 1 is 1.07 bits per heavy atom. The van der Waals surface area contributed by atoms with Crippen LogP contribution in [0.15, 0.2) is 72.8 Å². The normalized spacial score (nSPS) is 13.4. The maximum atomic E-state index is 15.5. The highest BCUT2D eigenvalue weighted by atomic mass is 19.1. The summed E-state index contributed by atoms with van der Waals surface area (Å²) in [6.45, 7) is 0.0328. The van der Waals surface area contributed by atoms with Gasteiger partial charge in [0.15, 0.2) is 0 Å². The molecule has 0 radical (unpaired) electrons. The second-order valence-corrected chi connectivity index (χ2v) is 11.0. The van der Waals surface area contributed by atoms with Crippen molar-refractivity contribution in [1.29, 1.82) is 5.26 Å². The molecule has 1 N–H and O–H groups in total. The van der Waals surface area contributed by atoms with Crippen LogP contribution in [0.2, 0.25) is 0 Å². The van der Waals surface area contributed by atoms with Crippen LogP contribution >= 0.6 is 0 Å². The molecule has 2 aromatic heterocycles. The van der Waals surface area contributed by atoms with Crippen LogP contribution in [0.1, 0.15) is 45.7 Å². The maximum absolute atomic E-state index is 15.5. The van der Waals surface area contributed by atoms with E-state index in [0.717, 1.165) is 18.4 Å². The predicted molar refractivity (Wildman–Crippen MR) is 159 cm³/mol. The van der Waals surface area contributed by atoms with Gasteiger partial charge in [0.05, 0.1) is 47.7 Å². The fourth-order valence-electron chi connectivity index (χ4n) is 5.22. The maximum Gasteiger partial charge on any atom is 0.335 e. The number of nitriles is 1. The molecule has 5 aromatic rings. The van der Waals surface area contributed by atoms with Gasteiger partial charge in [-0.15, -0.1) is 0 Å². The van der Waals surface area contributed by atoms with Gasteiger partial charge in [-0.2, -0.15) is 5.26 Å². The van der Waals surface area contributed by atoms with Crippen molar-refractivity contribution in [3.05, 3.63) is 107 Å². The summed E-state index contributed by atoms with van der Waals surface area (Å²) >= 11 is 0. The van der Waals surface area contributed by atoms with E-state index in [1.807, 2.05) is 4.57 Å². The number of nitrogens with zero attached hydrogens (tertiary/aromatic N) is 4. The molecule has 0 spiro atoms. The molecule has 0 atom stereocenters. The molecule has 44 heavy (non-hydrogen) atoms. The topological polar surface area (TPSA) is 110 Å². The lowest BCUT2D eigenvalue weighted by atomic mass is 10.0. The smallest absolute Gasteiger partial charge is 0.335 e. The number of imidazole rings is 1. The summed E-state index contributed by atoms with van der Waals surface area (Å²) in [6.07, 6.45) is 1.62. The molecule has 0 saturated heterocycles. The Labute approximate surface area is 252 Å². The number of halogens is 2. The number of hydrogen-bond donors (Lipinski definition) is 1. The molecule has 0 unspecified atom stereocenters. The van der Waals surface area contributed by atoms with Crippen molar-refractivity contribution in [2.24, 2.45) is 5.41 Å². The third-order valence-corrected chi connectivity index (χ3v) is 8.02. The average molecular weight is 595 g/mol. The number of aromatic nitrogens is 3. The standard InChI is InChI=1S/C34H28F2N4O4/c1-43-30-13-21(17-37)5-6-25(30)18-44-32-4-2-3-27(39-32)23-8-7-22(26(36)14-23)16-31-38-28-10-9-24(33(41)42)15-29(28)40(31)20-34(19-35)11-12-34/h2-10,13-15H,11-12,16,18-20H2,1H3,(H,41,42). The first kappa shape index (κ1) is 28.8. The Bertz CT molecular complexity index is 1930.